The lowest BCUT2D eigenvalue weighted by molar-refractivity contribution is 1.06. The number of aromatic nitrogens is 4. The Labute approximate surface area is 410 Å². The lowest BCUT2D eigenvalue weighted by atomic mass is 9.66. The molecule has 0 amide bonds. The van der Waals surface area contributed by atoms with Crippen LogP contribution >= 0.6 is 0 Å². The second-order valence-electron chi connectivity index (χ2n) is 19.3. The van der Waals surface area contributed by atoms with Crippen molar-refractivity contribution < 1.29 is 0 Å². The molecular weight excluding hydrogens is 810 g/mol. The molecule has 4 fully saturated rings. The van der Waals surface area contributed by atoms with Crippen molar-refractivity contribution >= 4 is 138 Å². The van der Waals surface area contributed by atoms with Gasteiger partial charge in [0.1, 0.15) is 29.1 Å². The molecular formula is C52H30B12N4. The van der Waals surface area contributed by atoms with Crippen molar-refractivity contribution in [2.45, 2.75) is 43.7 Å². The molecule has 6 aliphatic heterocycles. The van der Waals surface area contributed by atoms with Crippen molar-refractivity contribution in [1.82, 2.24) is 19.9 Å². The molecule has 4 nitrogen and oxygen atoms in total. The Morgan fingerprint density at radius 1 is 0.324 bits per heavy atom. The second-order valence-corrected chi connectivity index (χ2v) is 19.3. The Hall–Kier alpha value is -5.74. The van der Waals surface area contributed by atoms with Crippen LogP contribution in [0.1, 0.15) is 45.0 Å². The number of nitrogens with zero attached hydrogens (tertiary/aromatic N) is 2. The van der Waals surface area contributed by atoms with E-state index in [2.05, 4.69) is 143 Å². The van der Waals surface area contributed by atoms with Crippen LogP contribution in [0.25, 0.3) is 90.9 Å². The van der Waals surface area contributed by atoms with Gasteiger partial charge < -0.3 is 9.97 Å². The third-order valence-electron chi connectivity index (χ3n) is 15.0. The number of fused-ring (bicyclic) bond motifs is 8. The zero-order valence-corrected chi connectivity index (χ0v) is 37.0. The zero-order valence-electron chi connectivity index (χ0n) is 37.0. The molecule has 13 rings (SSSR count). The molecule has 0 spiro atoms. The van der Waals surface area contributed by atoms with Gasteiger partial charge in [-0.25, -0.2) is 9.97 Å². The molecule has 6 aliphatic rings. The standard InChI is InChI=1S/C52H30B12N4/c53-45-49(57,61-45)29-9-1-25(2-10-29)41-33-17-19-35(65-33)42(26-3-11-30(12-4-26)50(58)46(54)62-50)37-21-23-39(67-37)44(28-7-15-32(16-8-28)52(60)48(56)64-52)40-24-22-38(68-40)43(36-20-18-34(41)66-36)27-5-13-31(14-6-27)51(59)47(55)63-51/h1-24,45-48,65-66H. The van der Waals surface area contributed by atoms with E-state index in [1.54, 1.807) is 0 Å². The Balaban J connectivity index is 1.09. The molecule has 16 heteroatoms. The molecule has 8 atom stereocenters. The number of nitrogens with one attached hydrogen (secondary N) is 2. The van der Waals surface area contributed by atoms with E-state index >= 15 is 0 Å². The van der Waals surface area contributed by atoms with Crippen LogP contribution in [-0.4, -0.2) is 112 Å². The Morgan fingerprint density at radius 2 is 0.544 bits per heavy atom. The van der Waals surface area contributed by atoms with E-state index in [1.807, 2.05) is 41.3 Å². The van der Waals surface area contributed by atoms with Crippen LogP contribution in [0.5, 0.6) is 0 Å². The summed E-state index contributed by atoms with van der Waals surface area (Å²) in [6, 6.07) is 41.7. The smallest absolute Gasteiger partial charge is 0.104 e. The first-order chi connectivity index (χ1) is 32.7. The topological polar surface area (TPSA) is 57.4 Å². The SMILES string of the molecule is [B]C1[B]C1([B])c1ccc(-c2c3nc(c(-c4ccc(C5([B])[B]C5[B])cc4)c4ccc([nH]4)c(-c4ccc(C5([B])[B]C5[B])cc4)c4ccc([nH]4)c(-c4ccc(C5([B])[B]C5[B])cc4)c4nc2C=C4)C=C3)cc1. The molecule has 0 aliphatic carbocycles. The molecule has 9 heterocycles. The Kier molecular flexibility index (Phi) is 9.27. The first kappa shape index (κ1) is 42.4. The fourth-order valence-electron chi connectivity index (χ4n) is 10.3. The van der Waals surface area contributed by atoms with Gasteiger partial charge in [-0.3, -0.25) is 0 Å². The summed E-state index contributed by atoms with van der Waals surface area (Å²) in [5, 5.41) is -2.60. The average Bonchev–Trinajstić information content (AvgIpc) is 4.09. The minimum Gasteiger partial charge on any atom is -0.354 e. The largest absolute Gasteiger partial charge is 0.354 e. The van der Waals surface area contributed by atoms with Crippen molar-refractivity contribution in [3.8, 4) is 44.5 Å². The first-order valence-electron chi connectivity index (χ1n) is 23.0. The summed E-state index contributed by atoms with van der Waals surface area (Å²) in [5.41, 5.74) is 17.2. The highest BCUT2D eigenvalue weighted by molar-refractivity contribution is 6.79. The van der Waals surface area contributed by atoms with Crippen LogP contribution in [0.15, 0.2) is 121 Å². The summed E-state index contributed by atoms with van der Waals surface area (Å²) in [6.07, 6.45) is 8.29. The third kappa shape index (κ3) is 6.66. The van der Waals surface area contributed by atoms with Crippen LogP contribution < -0.4 is 0 Å². The molecule has 294 valence electrons. The molecule has 4 aromatic carbocycles. The number of aromatic amines is 2. The normalized spacial score (nSPS) is 27.9. The van der Waals surface area contributed by atoms with Crippen LogP contribution in [0.4, 0.5) is 0 Å². The molecule has 4 saturated heterocycles. The average molecular weight is 841 g/mol. The predicted octanol–water partition coefficient (Wildman–Crippen LogP) is 7.14. The van der Waals surface area contributed by atoms with Crippen LogP contribution in [0.3, 0.4) is 0 Å². The molecule has 68 heavy (non-hydrogen) atoms. The maximum absolute atomic E-state index is 6.65. The highest BCUT2D eigenvalue weighted by Gasteiger charge is 2.49. The monoisotopic (exact) mass is 842 g/mol. The van der Waals surface area contributed by atoms with Gasteiger partial charge in [-0.2, -0.15) is 0 Å². The van der Waals surface area contributed by atoms with Crippen molar-refractivity contribution in [3.05, 3.63) is 166 Å². The highest BCUT2D eigenvalue weighted by atomic mass is 14.8. The van der Waals surface area contributed by atoms with Crippen molar-refractivity contribution in [2.75, 3.05) is 0 Å². The lowest BCUT2D eigenvalue weighted by Crippen LogP contribution is -2.09. The zero-order chi connectivity index (χ0) is 46.5. The molecule has 3 aromatic heterocycles. The Morgan fingerprint density at radius 3 is 0.809 bits per heavy atom. The van der Waals surface area contributed by atoms with Crippen LogP contribution in [-0.2, 0) is 20.9 Å². The number of rotatable bonds is 8. The summed E-state index contributed by atoms with van der Waals surface area (Å²) in [7, 11) is 59.4. The number of hydrogen-bond donors (Lipinski definition) is 2. The molecule has 7 aromatic rings. The van der Waals surface area contributed by atoms with E-state index in [4.69, 9.17) is 72.7 Å². The molecule has 0 saturated carbocycles. The van der Waals surface area contributed by atoms with Crippen molar-refractivity contribution in [2.24, 2.45) is 0 Å². The lowest BCUT2D eigenvalue weighted by Gasteiger charge is -2.14. The van der Waals surface area contributed by atoms with Gasteiger partial charge in [0.15, 0.2) is 0 Å². The van der Waals surface area contributed by atoms with Crippen molar-refractivity contribution in [3.63, 3.8) is 0 Å². The maximum Gasteiger partial charge on any atom is 0.104 e. The number of hydrogen-bond acceptors (Lipinski definition) is 2. The molecule has 2 N–H and O–H groups in total. The predicted molar refractivity (Wildman–Crippen MR) is 291 cm³/mol. The minimum absolute atomic E-state index is 0.190. The summed E-state index contributed by atoms with van der Waals surface area (Å²) in [5.74, 6) is 0. The van der Waals surface area contributed by atoms with E-state index in [-0.39, 0.29) is 22.9 Å². The Bertz CT molecular complexity index is 3340. The molecule has 8 bridgehead atoms. The van der Waals surface area contributed by atoms with Crippen LogP contribution in [0, 0.1) is 0 Å². The van der Waals surface area contributed by atoms with Gasteiger partial charge in [-0.15, -0.1) is 22.9 Å². The molecule has 20 radical (unpaired) electrons. The number of benzene rings is 4. The van der Waals surface area contributed by atoms with Gasteiger partial charge in [0.05, 0.1) is 85.5 Å². The summed E-state index contributed by atoms with van der Waals surface area (Å²) in [4.78, 5) is 18.6. The van der Waals surface area contributed by atoms with Gasteiger partial charge in [0, 0.05) is 44.3 Å². The summed E-state index contributed by atoms with van der Waals surface area (Å²) >= 11 is 0. The second kappa shape index (κ2) is 14.9. The van der Waals surface area contributed by atoms with E-state index < -0.39 is 20.9 Å². The third-order valence-corrected chi connectivity index (χ3v) is 15.0. The first-order valence-corrected chi connectivity index (χ1v) is 23.0. The van der Waals surface area contributed by atoms with E-state index in [0.29, 0.717) is 0 Å². The number of H-pyrrole nitrogens is 2. The minimum atomic E-state index is -0.653. The van der Waals surface area contributed by atoms with Crippen molar-refractivity contribution in [1.29, 1.82) is 0 Å². The maximum atomic E-state index is 6.65. The molecule has 8 unspecified atom stereocenters. The van der Waals surface area contributed by atoms with Gasteiger partial charge in [0.2, 0.25) is 0 Å². The van der Waals surface area contributed by atoms with E-state index in [0.717, 1.165) is 112 Å². The van der Waals surface area contributed by atoms with E-state index in [1.165, 1.54) is 0 Å². The highest BCUT2D eigenvalue weighted by Crippen LogP contribution is 2.50. The van der Waals surface area contributed by atoms with Gasteiger partial charge in [-0.05, 0) is 70.8 Å². The fraction of sp³-hybridized carbons (Fsp3) is 0.154. The fourth-order valence-corrected chi connectivity index (χ4v) is 10.3. The quantitative estimate of drug-likeness (QED) is 0.160. The van der Waals surface area contributed by atoms with Crippen LogP contribution in [0.2, 0.25) is 22.9 Å². The van der Waals surface area contributed by atoms with Gasteiger partial charge in [-0.1, -0.05) is 140 Å². The van der Waals surface area contributed by atoms with Gasteiger partial charge >= 0.3 is 0 Å². The van der Waals surface area contributed by atoms with E-state index in [9.17, 15) is 0 Å². The van der Waals surface area contributed by atoms with Gasteiger partial charge in [0.25, 0.3) is 0 Å². The summed E-state index contributed by atoms with van der Waals surface area (Å²) < 4.78 is 0. The summed E-state index contributed by atoms with van der Waals surface area (Å²) in [6.45, 7) is 0.